The van der Waals surface area contributed by atoms with Gasteiger partial charge in [-0.2, -0.15) is 0 Å². The zero-order valence-electron chi connectivity index (χ0n) is 17.2. The van der Waals surface area contributed by atoms with Crippen LogP contribution in [0.4, 0.5) is 0 Å². The Hall–Kier alpha value is -1.92. The van der Waals surface area contributed by atoms with E-state index in [9.17, 15) is 9.59 Å². The fraction of sp³-hybridized carbons (Fsp3) is 0.636. The Kier molecular flexibility index (Phi) is 7.45. The summed E-state index contributed by atoms with van der Waals surface area (Å²) in [6.45, 7) is 8.03. The van der Waals surface area contributed by atoms with Crippen molar-refractivity contribution in [2.24, 2.45) is 5.92 Å². The van der Waals surface area contributed by atoms with Gasteiger partial charge >= 0.3 is 0 Å². The molecule has 6 nitrogen and oxygen atoms in total. The Morgan fingerprint density at radius 1 is 1.18 bits per heavy atom. The van der Waals surface area contributed by atoms with E-state index < -0.39 is 0 Å². The van der Waals surface area contributed by atoms with Crippen LogP contribution in [-0.2, 0) is 16.1 Å². The molecule has 3 atom stereocenters. The van der Waals surface area contributed by atoms with E-state index in [0.29, 0.717) is 19.0 Å². The molecule has 2 heterocycles. The molecule has 0 radical (unpaired) electrons. The van der Waals surface area contributed by atoms with Gasteiger partial charge in [0.2, 0.25) is 11.8 Å². The van der Waals surface area contributed by atoms with Gasteiger partial charge in [-0.25, -0.2) is 0 Å². The summed E-state index contributed by atoms with van der Waals surface area (Å²) in [5.41, 5.74) is 2.34. The summed E-state index contributed by atoms with van der Waals surface area (Å²) in [7, 11) is 0. The zero-order valence-corrected chi connectivity index (χ0v) is 17.2. The fourth-order valence-corrected chi connectivity index (χ4v) is 4.10. The third kappa shape index (κ3) is 5.79. The van der Waals surface area contributed by atoms with Crippen molar-refractivity contribution in [3.8, 4) is 0 Å². The maximum Gasteiger partial charge on any atom is 0.237 e. The number of carbonyl (C=O) groups is 2. The minimum Gasteiger partial charge on any atom is -0.354 e. The maximum absolute atomic E-state index is 12.6. The van der Waals surface area contributed by atoms with Crippen LogP contribution in [0, 0.1) is 12.8 Å². The standard InChI is InChI=1S/C22H34N4O2/c1-16-7-9-18(10-8-16)13-24-21(27)17(2)26-12-4-5-19(15-26)14-25-22(28)20-6-3-11-23-20/h7-10,17,19-20,23H,3-6,11-15H2,1-2H3,(H,24,27)(H,25,28). The van der Waals surface area contributed by atoms with E-state index in [1.165, 1.54) is 5.56 Å². The van der Waals surface area contributed by atoms with Gasteiger partial charge in [-0.1, -0.05) is 29.8 Å². The number of benzene rings is 1. The summed E-state index contributed by atoms with van der Waals surface area (Å²) in [6.07, 6.45) is 4.18. The largest absolute Gasteiger partial charge is 0.354 e. The lowest BCUT2D eigenvalue weighted by atomic mass is 9.96. The molecular weight excluding hydrogens is 352 g/mol. The van der Waals surface area contributed by atoms with Gasteiger partial charge in [0, 0.05) is 19.6 Å². The molecule has 2 aliphatic rings. The Labute approximate surface area is 168 Å². The number of hydrogen-bond acceptors (Lipinski definition) is 4. The highest BCUT2D eigenvalue weighted by Crippen LogP contribution is 2.18. The van der Waals surface area contributed by atoms with E-state index in [1.54, 1.807) is 0 Å². The predicted molar refractivity (Wildman–Crippen MR) is 111 cm³/mol. The number of aryl methyl sites for hydroxylation is 1. The third-order valence-electron chi connectivity index (χ3n) is 6.01. The van der Waals surface area contributed by atoms with Crippen molar-refractivity contribution in [1.82, 2.24) is 20.9 Å². The molecule has 3 unspecified atom stereocenters. The third-order valence-corrected chi connectivity index (χ3v) is 6.01. The average molecular weight is 387 g/mol. The molecule has 0 aliphatic carbocycles. The number of amides is 2. The lowest BCUT2D eigenvalue weighted by Crippen LogP contribution is -2.51. The molecule has 2 amide bonds. The van der Waals surface area contributed by atoms with Crippen molar-refractivity contribution in [3.63, 3.8) is 0 Å². The van der Waals surface area contributed by atoms with Crippen LogP contribution in [0.5, 0.6) is 0 Å². The first-order valence-corrected chi connectivity index (χ1v) is 10.6. The van der Waals surface area contributed by atoms with Crippen molar-refractivity contribution >= 4 is 11.8 Å². The van der Waals surface area contributed by atoms with Crippen LogP contribution in [0.25, 0.3) is 0 Å². The van der Waals surface area contributed by atoms with Crippen molar-refractivity contribution in [2.45, 2.75) is 58.2 Å². The Bertz CT molecular complexity index is 655. The molecule has 6 heteroatoms. The van der Waals surface area contributed by atoms with E-state index in [1.807, 2.05) is 6.92 Å². The minimum absolute atomic E-state index is 0.0221. The second kappa shape index (κ2) is 10.0. The van der Waals surface area contributed by atoms with Gasteiger partial charge < -0.3 is 16.0 Å². The van der Waals surface area contributed by atoms with Crippen LogP contribution in [0.15, 0.2) is 24.3 Å². The van der Waals surface area contributed by atoms with E-state index in [0.717, 1.165) is 50.9 Å². The van der Waals surface area contributed by atoms with Gasteiger partial charge in [0.05, 0.1) is 12.1 Å². The first-order chi connectivity index (χ1) is 13.5. The van der Waals surface area contributed by atoms with Gasteiger partial charge in [-0.15, -0.1) is 0 Å². The molecule has 28 heavy (non-hydrogen) atoms. The van der Waals surface area contributed by atoms with Gasteiger partial charge in [-0.05, 0) is 64.1 Å². The smallest absolute Gasteiger partial charge is 0.237 e. The number of piperidine rings is 1. The fourth-order valence-electron chi connectivity index (χ4n) is 4.10. The molecule has 154 valence electrons. The van der Waals surface area contributed by atoms with Gasteiger partial charge in [0.1, 0.15) is 0 Å². The number of likely N-dealkylation sites (tertiary alicyclic amines) is 1. The molecular formula is C22H34N4O2. The number of nitrogens with zero attached hydrogens (tertiary/aromatic N) is 1. The zero-order chi connectivity index (χ0) is 19.9. The van der Waals surface area contributed by atoms with Crippen molar-refractivity contribution in [1.29, 1.82) is 0 Å². The molecule has 0 spiro atoms. The second-order valence-corrected chi connectivity index (χ2v) is 8.28. The highest BCUT2D eigenvalue weighted by molar-refractivity contribution is 5.82. The van der Waals surface area contributed by atoms with Crippen molar-refractivity contribution in [3.05, 3.63) is 35.4 Å². The summed E-state index contributed by atoms with van der Waals surface area (Å²) in [6, 6.07) is 8.06. The molecule has 2 saturated heterocycles. The second-order valence-electron chi connectivity index (χ2n) is 8.28. The molecule has 0 aromatic heterocycles. The quantitative estimate of drug-likeness (QED) is 0.665. The molecule has 1 aromatic carbocycles. The normalized spacial score (nSPS) is 23.9. The van der Waals surface area contributed by atoms with Gasteiger partial charge in [0.25, 0.3) is 0 Å². The SMILES string of the molecule is Cc1ccc(CNC(=O)C(C)N2CCCC(CNC(=O)C3CCCN3)C2)cc1. The van der Waals surface area contributed by atoms with E-state index in [2.05, 4.69) is 52.0 Å². The first kappa shape index (κ1) is 20.8. The monoisotopic (exact) mass is 386 g/mol. The molecule has 3 rings (SSSR count). The van der Waals surface area contributed by atoms with Crippen LogP contribution in [0.3, 0.4) is 0 Å². The number of hydrogen-bond donors (Lipinski definition) is 3. The Balaban J connectivity index is 1.42. The van der Waals surface area contributed by atoms with Crippen LogP contribution in [0.1, 0.15) is 43.7 Å². The number of carbonyl (C=O) groups excluding carboxylic acids is 2. The Morgan fingerprint density at radius 2 is 1.96 bits per heavy atom. The molecule has 2 fully saturated rings. The summed E-state index contributed by atoms with van der Waals surface area (Å²) >= 11 is 0. The summed E-state index contributed by atoms with van der Waals surface area (Å²) in [5.74, 6) is 0.602. The van der Waals surface area contributed by atoms with Crippen LogP contribution < -0.4 is 16.0 Å². The first-order valence-electron chi connectivity index (χ1n) is 10.6. The molecule has 1 aromatic rings. The lowest BCUT2D eigenvalue weighted by Gasteiger charge is -2.36. The van der Waals surface area contributed by atoms with Crippen LogP contribution >= 0.6 is 0 Å². The molecule has 0 bridgehead atoms. The summed E-state index contributed by atoms with van der Waals surface area (Å²) < 4.78 is 0. The summed E-state index contributed by atoms with van der Waals surface area (Å²) in [5, 5.41) is 9.41. The number of nitrogens with one attached hydrogen (secondary N) is 3. The van der Waals surface area contributed by atoms with Crippen molar-refractivity contribution < 1.29 is 9.59 Å². The van der Waals surface area contributed by atoms with E-state index in [4.69, 9.17) is 0 Å². The minimum atomic E-state index is -0.152. The average Bonchev–Trinajstić information content (AvgIpc) is 3.26. The van der Waals surface area contributed by atoms with Gasteiger partial charge in [-0.3, -0.25) is 14.5 Å². The molecule has 3 N–H and O–H groups in total. The van der Waals surface area contributed by atoms with E-state index in [-0.39, 0.29) is 23.9 Å². The van der Waals surface area contributed by atoms with Crippen LogP contribution in [0.2, 0.25) is 0 Å². The number of rotatable bonds is 7. The van der Waals surface area contributed by atoms with Crippen LogP contribution in [-0.4, -0.2) is 55.0 Å². The summed E-state index contributed by atoms with van der Waals surface area (Å²) in [4.78, 5) is 27.0. The Morgan fingerprint density at radius 3 is 2.68 bits per heavy atom. The molecule has 0 saturated carbocycles. The van der Waals surface area contributed by atoms with Gasteiger partial charge in [0.15, 0.2) is 0 Å². The van der Waals surface area contributed by atoms with E-state index >= 15 is 0 Å². The molecule has 2 aliphatic heterocycles. The topological polar surface area (TPSA) is 73.5 Å². The highest BCUT2D eigenvalue weighted by Gasteiger charge is 2.28. The maximum atomic E-state index is 12.6. The highest BCUT2D eigenvalue weighted by atomic mass is 16.2. The predicted octanol–water partition coefficient (Wildman–Crippen LogP) is 1.58. The van der Waals surface area contributed by atoms with Crippen molar-refractivity contribution in [2.75, 3.05) is 26.2 Å². The lowest BCUT2D eigenvalue weighted by molar-refractivity contribution is -0.127.